The number of benzene rings is 1. The van der Waals surface area contributed by atoms with Crippen LogP contribution >= 0.6 is 11.6 Å². The second-order valence-electron chi connectivity index (χ2n) is 5.05. The molecule has 20 heavy (non-hydrogen) atoms. The highest BCUT2D eigenvalue weighted by atomic mass is 35.5. The Labute approximate surface area is 124 Å². The number of amides is 1. The molecule has 1 aliphatic rings. The van der Waals surface area contributed by atoms with Gasteiger partial charge in [-0.3, -0.25) is 4.79 Å². The Morgan fingerprint density at radius 3 is 3.10 bits per heavy atom. The van der Waals surface area contributed by atoms with E-state index < -0.39 is 0 Å². The Morgan fingerprint density at radius 1 is 1.50 bits per heavy atom. The fourth-order valence-corrected chi connectivity index (χ4v) is 2.64. The molecule has 0 aromatic heterocycles. The predicted molar refractivity (Wildman–Crippen MR) is 78.1 cm³/mol. The number of ether oxygens (including phenoxy) is 2. The second kappa shape index (κ2) is 7.50. The minimum absolute atomic E-state index is 0.0192. The molecule has 110 valence electrons. The van der Waals surface area contributed by atoms with Crippen molar-refractivity contribution in [2.45, 2.75) is 12.8 Å². The molecule has 0 N–H and O–H groups in total. The van der Waals surface area contributed by atoms with Crippen LogP contribution in [0.15, 0.2) is 24.3 Å². The maximum Gasteiger partial charge on any atom is 0.260 e. The van der Waals surface area contributed by atoms with Gasteiger partial charge in [0.15, 0.2) is 6.61 Å². The van der Waals surface area contributed by atoms with Crippen LogP contribution in [-0.4, -0.2) is 44.2 Å². The topological polar surface area (TPSA) is 38.8 Å². The van der Waals surface area contributed by atoms with Crippen LogP contribution in [0, 0.1) is 5.92 Å². The Hall–Kier alpha value is -1.26. The lowest BCUT2D eigenvalue weighted by molar-refractivity contribution is -0.135. The third-order valence-electron chi connectivity index (χ3n) is 3.43. The summed E-state index contributed by atoms with van der Waals surface area (Å²) in [4.78, 5) is 14.0. The van der Waals surface area contributed by atoms with Gasteiger partial charge in [0.1, 0.15) is 5.75 Å². The maximum atomic E-state index is 12.1. The number of likely N-dealkylation sites (tertiary alicyclic amines) is 1. The van der Waals surface area contributed by atoms with Gasteiger partial charge in [-0.1, -0.05) is 17.7 Å². The Balaban J connectivity index is 1.82. The Bertz CT molecular complexity index is 450. The largest absolute Gasteiger partial charge is 0.484 e. The van der Waals surface area contributed by atoms with E-state index in [4.69, 9.17) is 21.1 Å². The van der Waals surface area contributed by atoms with Crippen molar-refractivity contribution in [2.24, 2.45) is 5.92 Å². The monoisotopic (exact) mass is 297 g/mol. The average molecular weight is 298 g/mol. The third-order valence-corrected chi connectivity index (χ3v) is 3.67. The van der Waals surface area contributed by atoms with Crippen LogP contribution in [0.5, 0.6) is 5.75 Å². The van der Waals surface area contributed by atoms with E-state index >= 15 is 0 Å². The standard InChI is InChI=1S/C15H20ClNO3/c1-19-10-12-4-3-7-17(9-12)15(18)11-20-14-6-2-5-13(16)8-14/h2,5-6,8,12H,3-4,7,9-11H2,1H3. The molecule has 1 aromatic carbocycles. The normalized spacial score (nSPS) is 18.9. The van der Waals surface area contributed by atoms with Crippen molar-refractivity contribution in [3.8, 4) is 5.75 Å². The highest BCUT2D eigenvalue weighted by Gasteiger charge is 2.23. The van der Waals surface area contributed by atoms with Crippen LogP contribution in [0.4, 0.5) is 0 Å². The highest BCUT2D eigenvalue weighted by molar-refractivity contribution is 6.30. The Morgan fingerprint density at radius 2 is 2.35 bits per heavy atom. The van der Waals surface area contributed by atoms with Gasteiger partial charge in [0.2, 0.25) is 0 Å². The van der Waals surface area contributed by atoms with Crippen LogP contribution in [0.3, 0.4) is 0 Å². The molecule has 1 fully saturated rings. The number of piperidine rings is 1. The molecular weight excluding hydrogens is 278 g/mol. The first-order chi connectivity index (χ1) is 9.69. The quantitative estimate of drug-likeness (QED) is 0.838. The van der Waals surface area contributed by atoms with Gasteiger partial charge in [-0.15, -0.1) is 0 Å². The van der Waals surface area contributed by atoms with Crippen LogP contribution in [0.25, 0.3) is 0 Å². The van der Waals surface area contributed by atoms with Gasteiger partial charge in [-0.2, -0.15) is 0 Å². The number of carbonyl (C=O) groups is 1. The minimum Gasteiger partial charge on any atom is -0.484 e. The van der Waals surface area contributed by atoms with Gasteiger partial charge >= 0.3 is 0 Å². The summed E-state index contributed by atoms with van der Waals surface area (Å²) in [5.41, 5.74) is 0. The molecule has 0 saturated carbocycles. The number of carbonyl (C=O) groups excluding carboxylic acids is 1. The second-order valence-corrected chi connectivity index (χ2v) is 5.49. The molecule has 0 aliphatic carbocycles. The summed E-state index contributed by atoms with van der Waals surface area (Å²) in [6.07, 6.45) is 2.14. The molecule has 1 aliphatic heterocycles. The lowest BCUT2D eigenvalue weighted by Gasteiger charge is -2.32. The maximum absolute atomic E-state index is 12.1. The van der Waals surface area contributed by atoms with Crippen LogP contribution < -0.4 is 4.74 Å². The summed E-state index contributed by atoms with van der Waals surface area (Å²) in [5.74, 6) is 1.07. The summed E-state index contributed by atoms with van der Waals surface area (Å²) in [6.45, 7) is 2.32. The van der Waals surface area contributed by atoms with Crippen molar-refractivity contribution >= 4 is 17.5 Å². The van der Waals surface area contributed by atoms with Crippen LogP contribution in [-0.2, 0) is 9.53 Å². The fraction of sp³-hybridized carbons (Fsp3) is 0.533. The molecule has 0 spiro atoms. The van der Waals surface area contributed by atoms with Gasteiger partial charge < -0.3 is 14.4 Å². The molecule has 0 bridgehead atoms. The molecular formula is C15H20ClNO3. The van der Waals surface area contributed by atoms with E-state index in [1.165, 1.54) is 0 Å². The average Bonchev–Trinajstić information content (AvgIpc) is 2.45. The zero-order chi connectivity index (χ0) is 14.4. The van der Waals surface area contributed by atoms with E-state index in [9.17, 15) is 4.79 Å². The van der Waals surface area contributed by atoms with Gasteiger partial charge in [0.05, 0.1) is 6.61 Å². The van der Waals surface area contributed by atoms with E-state index in [0.717, 1.165) is 25.9 Å². The molecule has 1 heterocycles. The van der Waals surface area contributed by atoms with Crippen molar-refractivity contribution in [1.29, 1.82) is 0 Å². The molecule has 2 rings (SSSR count). The summed E-state index contributed by atoms with van der Waals surface area (Å²) in [7, 11) is 1.70. The van der Waals surface area contributed by atoms with E-state index in [0.29, 0.717) is 23.3 Å². The van der Waals surface area contributed by atoms with Crippen LogP contribution in [0.2, 0.25) is 5.02 Å². The smallest absolute Gasteiger partial charge is 0.260 e. The van der Waals surface area contributed by atoms with Crippen molar-refractivity contribution in [1.82, 2.24) is 4.90 Å². The van der Waals surface area contributed by atoms with Crippen molar-refractivity contribution < 1.29 is 14.3 Å². The molecule has 5 heteroatoms. The first-order valence-electron chi connectivity index (χ1n) is 6.84. The fourth-order valence-electron chi connectivity index (χ4n) is 2.46. The number of hydrogen-bond donors (Lipinski definition) is 0. The van der Waals surface area contributed by atoms with Gasteiger partial charge in [0, 0.05) is 25.2 Å². The predicted octanol–water partition coefficient (Wildman–Crippen LogP) is 2.60. The van der Waals surface area contributed by atoms with E-state index in [1.54, 1.807) is 31.4 Å². The third kappa shape index (κ3) is 4.39. The molecule has 1 saturated heterocycles. The molecule has 1 amide bonds. The minimum atomic E-state index is 0.0192. The molecule has 4 nitrogen and oxygen atoms in total. The van der Waals surface area contributed by atoms with Crippen LogP contribution in [0.1, 0.15) is 12.8 Å². The zero-order valence-electron chi connectivity index (χ0n) is 11.7. The lowest BCUT2D eigenvalue weighted by Crippen LogP contribution is -2.43. The van der Waals surface area contributed by atoms with Crippen molar-refractivity contribution in [2.75, 3.05) is 33.4 Å². The van der Waals surface area contributed by atoms with E-state index in [1.807, 2.05) is 4.90 Å². The highest BCUT2D eigenvalue weighted by Crippen LogP contribution is 2.19. The van der Waals surface area contributed by atoms with E-state index in [-0.39, 0.29) is 12.5 Å². The van der Waals surface area contributed by atoms with Gasteiger partial charge in [-0.25, -0.2) is 0 Å². The summed E-state index contributed by atoms with van der Waals surface area (Å²) >= 11 is 5.87. The number of hydrogen-bond acceptors (Lipinski definition) is 3. The zero-order valence-corrected chi connectivity index (χ0v) is 12.4. The van der Waals surface area contributed by atoms with Crippen molar-refractivity contribution in [3.63, 3.8) is 0 Å². The number of rotatable bonds is 5. The summed E-state index contributed by atoms with van der Waals surface area (Å²) < 4.78 is 10.7. The number of halogens is 1. The first-order valence-corrected chi connectivity index (χ1v) is 7.22. The van der Waals surface area contributed by atoms with Crippen molar-refractivity contribution in [3.05, 3.63) is 29.3 Å². The molecule has 1 aromatic rings. The molecule has 1 unspecified atom stereocenters. The molecule has 1 atom stereocenters. The molecule has 0 radical (unpaired) electrons. The SMILES string of the molecule is COCC1CCCN(C(=O)COc2cccc(Cl)c2)C1. The Kier molecular flexibility index (Phi) is 5.68. The first kappa shape index (κ1) is 15.1. The van der Waals surface area contributed by atoms with E-state index in [2.05, 4.69) is 0 Å². The number of nitrogens with zero attached hydrogens (tertiary/aromatic N) is 1. The van der Waals surface area contributed by atoms with Gasteiger partial charge in [-0.05, 0) is 37.0 Å². The summed E-state index contributed by atoms with van der Waals surface area (Å²) in [5, 5.41) is 0.605. The number of methoxy groups -OCH3 is 1. The lowest BCUT2D eigenvalue weighted by atomic mass is 9.99. The summed E-state index contributed by atoms with van der Waals surface area (Å²) in [6, 6.07) is 7.08. The van der Waals surface area contributed by atoms with Gasteiger partial charge in [0.25, 0.3) is 5.91 Å².